The van der Waals surface area contributed by atoms with Crippen LogP contribution in [0.4, 0.5) is 0 Å². The van der Waals surface area contributed by atoms with E-state index >= 15 is 0 Å². The number of aliphatic hydroxyl groups excluding tert-OH is 1. The van der Waals surface area contributed by atoms with E-state index in [-0.39, 0.29) is 11.4 Å². The van der Waals surface area contributed by atoms with Gasteiger partial charge in [0.25, 0.3) is 5.91 Å². The Labute approximate surface area is 202 Å². The van der Waals surface area contributed by atoms with Crippen LogP contribution in [0.3, 0.4) is 0 Å². The van der Waals surface area contributed by atoms with Crippen LogP contribution in [0.2, 0.25) is 0 Å². The number of ketones is 1. The third kappa shape index (κ3) is 6.35. The lowest BCUT2D eigenvalue weighted by molar-refractivity contribution is -0.129. The normalized spacial score (nSPS) is 16.2. The van der Waals surface area contributed by atoms with Gasteiger partial charge in [-0.05, 0) is 62.8 Å². The average molecular weight is 463 g/mol. The Bertz CT molecular complexity index is 1040. The maximum Gasteiger partial charge on any atom is 0.290 e. The average Bonchev–Trinajstić information content (AvgIpc) is 3.08. The first kappa shape index (κ1) is 25.2. The molecule has 1 atom stereocenters. The van der Waals surface area contributed by atoms with Crippen LogP contribution < -0.4 is 4.74 Å². The SMILES string of the molecule is CCCCOc1cccc(C2C(C(=O)C=Cc3ccccc3)=C(O)C(=O)N2CCCN(C)C)c1. The zero-order valence-electron chi connectivity index (χ0n) is 20.2. The summed E-state index contributed by atoms with van der Waals surface area (Å²) in [4.78, 5) is 29.9. The zero-order valence-corrected chi connectivity index (χ0v) is 20.2. The van der Waals surface area contributed by atoms with Crippen molar-refractivity contribution in [3.63, 3.8) is 0 Å². The monoisotopic (exact) mass is 462 g/mol. The molecule has 1 aliphatic rings. The highest BCUT2D eigenvalue weighted by Crippen LogP contribution is 2.39. The van der Waals surface area contributed by atoms with Crippen LogP contribution in [-0.2, 0) is 9.59 Å². The largest absolute Gasteiger partial charge is 0.503 e. The first-order chi connectivity index (χ1) is 16.4. The van der Waals surface area contributed by atoms with Crippen molar-refractivity contribution in [2.45, 2.75) is 32.2 Å². The first-order valence-corrected chi connectivity index (χ1v) is 11.8. The van der Waals surface area contributed by atoms with Gasteiger partial charge in [-0.25, -0.2) is 0 Å². The fourth-order valence-electron chi connectivity index (χ4n) is 3.97. The maximum absolute atomic E-state index is 13.3. The van der Waals surface area contributed by atoms with Crippen molar-refractivity contribution in [3.8, 4) is 5.75 Å². The number of rotatable bonds is 12. The minimum Gasteiger partial charge on any atom is -0.503 e. The molecule has 0 bridgehead atoms. The molecule has 2 aromatic carbocycles. The van der Waals surface area contributed by atoms with Gasteiger partial charge in [-0.15, -0.1) is 0 Å². The lowest BCUT2D eigenvalue weighted by Crippen LogP contribution is -2.33. The quantitative estimate of drug-likeness (QED) is 0.363. The zero-order chi connectivity index (χ0) is 24.5. The van der Waals surface area contributed by atoms with Gasteiger partial charge in [-0.2, -0.15) is 0 Å². The molecule has 2 aromatic rings. The number of amides is 1. The highest BCUT2D eigenvalue weighted by Gasteiger charge is 2.42. The lowest BCUT2D eigenvalue weighted by atomic mass is 9.95. The van der Waals surface area contributed by atoms with Gasteiger partial charge in [0, 0.05) is 6.54 Å². The number of carbonyl (C=O) groups excluding carboxylic acids is 2. The van der Waals surface area contributed by atoms with Gasteiger partial charge in [0.2, 0.25) is 0 Å². The molecule has 1 N–H and O–H groups in total. The molecular formula is C28H34N2O4. The van der Waals surface area contributed by atoms with E-state index in [1.165, 1.54) is 6.08 Å². The van der Waals surface area contributed by atoms with Crippen molar-refractivity contribution in [1.29, 1.82) is 0 Å². The maximum atomic E-state index is 13.3. The summed E-state index contributed by atoms with van der Waals surface area (Å²) in [6.45, 7) is 3.91. The summed E-state index contributed by atoms with van der Waals surface area (Å²) in [5.74, 6) is -0.691. The van der Waals surface area contributed by atoms with Crippen LogP contribution in [-0.4, -0.2) is 60.4 Å². The smallest absolute Gasteiger partial charge is 0.290 e. The third-order valence-electron chi connectivity index (χ3n) is 5.74. The number of ether oxygens (including phenoxy) is 1. The van der Waals surface area contributed by atoms with Crippen molar-refractivity contribution < 1.29 is 19.4 Å². The summed E-state index contributed by atoms with van der Waals surface area (Å²) in [5, 5.41) is 10.8. The first-order valence-electron chi connectivity index (χ1n) is 11.8. The van der Waals surface area contributed by atoms with Crippen LogP contribution in [0.1, 0.15) is 43.4 Å². The highest BCUT2D eigenvalue weighted by molar-refractivity contribution is 6.14. The fraction of sp³-hybridized carbons (Fsp3) is 0.357. The van der Waals surface area contributed by atoms with E-state index in [0.29, 0.717) is 18.9 Å². The van der Waals surface area contributed by atoms with Crippen molar-refractivity contribution in [2.24, 2.45) is 0 Å². The van der Waals surface area contributed by atoms with Gasteiger partial charge >= 0.3 is 0 Å². The second kappa shape index (κ2) is 12.2. The molecule has 34 heavy (non-hydrogen) atoms. The summed E-state index contributed by atoms with van der Waals surface area (Å²) in [6, 6.07) is 16.2. The molecule has 0 fully saturated rings. The molecule has 0 saturated heterocycles. The number of aliphatic hydroxyl groups is 1. The summed E-state index contributed by atoms with van der Waals surface area (Å²) in [5.41, 5.74) is 1.71. The number of carbonyl (C=O) groups is 2. The van der Waals surface area contributed by atoms with Crippen molar-refractivity contribution in [3.05, 3.63) is 83.1 Å². The molecule has 1 heterocycles. The summed E-state index contributed by atoms with van der Waals surface area (Å²) in [7, 11) is 3.94. The molecule has 3 rings (SSSR count). The van der Waals surface area contributed by atoms with E-state index in [9.17, 15) is 14.7 Å². The number of nitrogens with zero attached hydrogens (tertiary/aromatic N) is 2. The third-order valence-corrected chi connectivity index (χ3v) is 5.74. The van der Waals surface area contributed by atoms with Crippen LogP contribution in [0.25, 0.3) is 6.08 Å². The predicted octanol–water partition coefficient (Wildman–Crippen LogP) is 4.80. The molecule has 0 spiro atoms. The number of benzene rings is 2. The fourth-order valence-corrected chi connectivity index (χ4v) is 3.97. The second-order valence-electron chi connectivity index (χ2n) is 8.70. The molecule has 0 radical (unpaired) electrons. The summed E-state index contributed by atoms with van der Waals surface area (Å²) in [6.07, 6.45) is 5.81. The van der Waals surface area contributed by atoms with Crippen LogP contribution in [0.5, 0.6) is 5.75 Å². The molecule has 180 valence electrons. The summed E-state index contributed by atoms with van der Waals surface area (Å²) < 4.78 is 5.86. The molecule has 6 nitrogen and oxygen atoms in total. The van der Waals surface area contributed by atoms with E-state index < -0.39 is 17.7 Å². The molecule has 0 aromatic heterocycles. The van der Waals surface area contributed by atoms with Crippen molar-refractivity contribution in [1.82, 2.24) is 9.80 Å². The van der Waals surface area contributed by atoms with Crippen LogP contribution >= 0.6 is 0 Å². The molecule has 0 aliphatic carbocycles. The Hall–Kier alpha value is -3.38. The number of allylic oxidation sites excluding steroid dienone is 1. The van der Waals surface area contributed by atoms with E-state index in [4.69, 9.17) is 4.74 Å². The molecule has 1 aliphatic heterocycles. The molecule has 1 unspecified atom stereocenters. The van der Waals surface area contributed by atoms with E-state index in [2.05, 4.69) is 6.92 Å². The molecule has 1 amide bonds. The van der Waals surface area contributed by atoms with Gasteiger partial charge in [0.1, 0.15) is 5.75 Å². The molecule has 6 heteroatoms. The Morgan fingerprint density at radius 1 is 1.12 bits per heavy atom. The highest BCUT2D eigenvalue weighted by atomic mass is 16.5. The number of unbranched alkanes of at least 4 members (excludes halogenated alkanes) is 1. The van der Waals surface area contributed by atoms with Gasteiger partial charge in [-0.1, -0.05) is 61.9 Å². The topological polar surface area (TPSA) is 70.1 Å². The standard InChI is InChI=1S/C28H34N2O4/c1-4-5-19-34-23-14-9-13-22(20-23)26-25(24(31)16-15-21-11-7-6-8-12-21)27(32)28(33)30(26)18-10-17-29(2)3/h6-9,11-16,20,26,32H,4-5,10,17-19H2,1-3H3. The molecule has 0 saturated carbocycles. The van der Waals surface area contributed by atoms with Gasteiger partial charge in [0.15, 0.2) is 11.5 Å². The number of hydrogen-bond acceptors (Lipinski definition) is 5. The summed E-state index contributed by atoms with van der Waals surface area (Å²) >= 11 is 0. The van der Waals surface area contributed by atoms with E-state index in [1.807, 2.05) is 73.6 Å². The van der Waals surface area contributed by atoms with E-state index in [0.717, 1.165) is 36.9 Å². The van der Waals surface area contributed by atoms with E-state index in [1.54, 1.807) is 11.0 Å². The lowest BCUT2D eigenvalue weighted by Gasteiger charge is -2.27. The Balaban J connectivity index is 1.93. The Kier molecular flexibility index (Phi) is 9.05. The van der Waals surface area contributed by atoms with Crippen LogP contribution in [0, 0.1) is 0 Å². The van der Waals surface area contributed by atoms with Crippen LogP contribution in [0.15, 0.2) is 72.0 Å². The Morgan fingerprint density at radius 2 is 1.88 bits per heavy atom. The van der Waals surface area contributed by atoms with Gasteiger partial charge in [-0.3, -0.25) is 9.59 Å². The predicted molar refractivity (Wildman–Crippen MR) is 135 cm³/mol. The van der Waals surface area contributed by atoms with Crippen molar-refractivity contribution in [2.75, 3.05) is 33.8 Å². The minimum absolute atomic E-state index is 0.104. The van der Waals surface area contributed by atoms with Crippen molar-refractivity contribution >= 4 is 17.8 Å². The minimum atomic E-state index is -0.669. The number of hydrogen-bond donors (Lipinski definition) is 1. The molecular weight excluding hydrogens is 428 g/mol. The Morgan fingerprint density at radius 3 is 2.59 bits per heavy atom. The second-order valence-corrected chi connectivity index (χ2v) is 8.70. The van der Waals surface area contributed by atoms with Gasteiger partial charge in [0.05, 0.1) is 18.2 Å². The van der Waals surface area contributed by atoms with Gasteiger partial charge < -0.3 is 19.6 Å².